The first-order valence-corrected chi connectivity index (χ1v) is 10.1. The van der Waals surface area contributed by atoms with E-state index in [1.54, 1.807) is 0 Å². The molecule has 0 saturated carbocycles. The van der Waals surface area contributed by atoms with Crippen LogP contribution in [0.4, 0.5) is 18.9 Å². The van der Waals surface area contributed by atoms with E-state index in [1.165, 1.54) is 36.4 Å². The molecule has 1 aliphatic heterocycles. The van der Waals surface area contributed by atoms with Crippen LogP contribution in [0.2, 0.25) is 0 Å². The number of ether oxygens (including phenoxy) is 1. The molecule has 0 aromatic heterocycles. The average molecular weight is 405 g/mol. The van der Waals surface area contributed by atoms with Gasteiger partial charge in [0, 0.05) is 24.3 Å². The maximum absolute atomic E-state index is 13.4. The van der Waals surface area contributed by atoms with Gasteiger partial charge in [-0.25, -0.2) is 0 Å². The number of quaternary nitrogens is 1. The number of nitrogens with two attached hydrogens (primary N) is 1. The van der Waals surface area contributed by atoms with Crippen molar-refractivity contribution in [3.63, 3.8) is 0 Å². The second-order valence-corrected chi connectivity index (χ2v) is 8.32. The molecule has 27 heavy (non-hydrogen) atoms. The standard InChI is InChI=1S/C18H24F3N2O3S/c1-2-3-4-12-26-17-9-7-16(8-10-17)23(27(24,25)18(19,20)21)11-5-6-15(13-22)14-23/h5-10,14H,2-4,11-13,22H2,1H3/q+1. The number of sulfonamides is 1. The highest BCUT2D eigenvalue weighted by molar-refractivity contribution is 7.91. The van der Waals surface area contributed by atoms with Crippen molar-refractivity contribution in [1.82, 2.24) is 3.89 Å². The van der Waals surface area contributed by atoms with Gasteiger partial charge in [0.2, 0.25) is 0 Å². The molecule has 2 rings (SSSR count). The third-order valence-corrected chi connectivity index (χ3v) is 6.24. The van der Waals surface area contributed by atoms with Crippen LogP contribution in [-0.2, 0) is 10.0 Å². The van der Waals surface area contributed by atoms with Gasteiger partial charge >= 0.3 is 15.5 Å². The lowest BCUT2D eigenvalue weighted by atomic mass is 10.2. The first-order chi connectivity index (χ1) is 12.7. The SMILES string of the molecule is CCCCCOc1ccc([N+]2(S(=O)(=O)C(F)(F)F)C=C(CN)C=CC2)cc1. The van der Waals surface area contributed by atoms with Crippen molar-refractivity contribution in [1.29, 1.82) is 0 Å². The number of unbranched alkanes of at least 4 members (excludes halogenated alkanes) is 2. The summed E-state index contributed by atoms with van der Waals surface area (Å²) in [4.78, 5) is 0. The minimum Gasteiger partial charge on any atom is -0.494 e. The third-order valence-electron chi connectivity index (χ3n) is 4.33. The van der Waals surface area contributed by atoms with Gasteiger partial charge in [-0.05, 0) is 24.6 Å². The van der Waals surface area contributed by atoms with Crippen LogP contribution in [0.15, 0.2) is 48.2 Å². The van der Waals surface area contributed by atoms with E-state index >= 15 is 0 Å². The Morgan fingerprint density at radius 3 is 2.41 bits per heavy atom. The molecule has 1 aliphatic rings. The van der Waals surface area contributed by atoms with Crippen LogP contribution < -0.4 is 14.4 Å². The fourth-order valence-corrected chi connectivity index (χ4v) is 4.18. The molecule has 1 atom stereocenters. The van der Waals surface area contributed by atoms with Crippen molar-refractivity contribution in [3.8, 4) is 5.75 Å². The fraction of sp³-hybridized carbons (Fsp3) is 0.444. The van der Waals surface area contributed by atoms with Crippen molar-refractivity contribution in [2.45, 2.75) is 31.7 Å². The average Bonchev–Trinajstić information content (AvgIpc) is 2.64. The van der Waals surface area contributed by atoms with Gasteiger partial charge in [-0.3, -0.25) is 0 Å². The molecule has 0 amide bonds. The molecule has 9 heteroatoms. The lowest BCUT2D eigenvalue weighted by Gasteiger charge is -2.34. The monoisotopic (exact) mass is 405 g/mol. The summed E-state index contributed by atoms with van der Waals surface area (Å²) in [5.41, 5.74) is 0.409. The number of hydrogen-bond acceptors (Lipinski definition) is 4. The Balaban J connectivity index is 2.42. The first kappa shape index (κ1) is 21.5. The quantitative estimate of drug-likeness (QED) is 0.527. The Hall–Kier alpha value is -1.84. The Kier molecular flexibility index (Phi) is 6.72. The summed E-state index contributed by atoms with van der Waals surface area (Å²) in [5.74, 6) is 0.480. The van der Waals surface area contributed by atoms with Crippen molar-refractivity contribution in [2.75, 3.05) is 19.7 Å². The maximum atomic E-state index is 13.4. The van der Waals surface area contributed by atoms with Crippen molar-refractivity contribution < 1.29 is 26.3 Å². The Labute approximate surface area is 157 Å². The number of benzene rings is 1. The zero-order chi connectivity index (χ0) is 20.1. The molecule has 0 radical (unpaired) electrons. The summed E-state index contributed by atoms with van der Waals surface area (Å²) < 4.78 is 69.2. The molecule has 1 heterocycles. The lowest BCUT2D eigenvalue weighted by molar-refractivity contribution is -0.0473. The zero-order valence-corrected chi connectivity index (χ0v) is 15.9. The number of hydrogen-bond donors (Lipinski definition) is 1. The molecule has 0 aliphatic carbocycles. The molecule has 2 N–H and O–H groups in total. The molecule has 0 fully saturated rings. The molecule has 1 unspecified atom stereocenters. The largest absolute Gasteiger partial charge is 0.550 e. The van der Waals surface area contributed by atoms with Crippen LogP contribution in [0.5, 0.6) is 5.75 Å². The van der Waals surface area contributed by atoms with Crippen LogP contribution in [0.1, 0.15) is 26.2 Å². The minimum atomic E-state index is -5.58. The van der Waals surface area contributed by atoms with E-state index in [4.69, 9.17) is 10.5 Å². The van der Waals surface area contributed by atoms with Gasteiger partial charge in [-0.1, -0.05) is 25.8 Å². The highest BCUT2D eigenvalue weighted by Gasteiger charge is 2.61. The highest BCUT2D eigenvalue weighted by atomic mass is 32.2. The van der Waals surface area contributed by atoms with E-state index in [0.29, 0.717) is 17.9 Å². The van der Waals surface area contributed by atoms with E-state index < -0.39 is 19.4 Å². The van der Waals surface area contributed by atoms with Gasteiger partial charge < -0.3 is 10.5 Å². The van der Waals surface area contributed by atoms with Gasteiger partial charge in [0.25, 0.3) is 0 Å². The maximum Gasteiger partial charge on any atom is 0.550 e. The van der Waals surface area contributed by atoms with E-state index in [-0.39, 0.29) is 18.8 Å². The lowest BCUT2D eigenvalue weighted by Crippen LogP contribution is -2.56. The summed E-state index contributed by atoms with van der Waals surface area (Å²) >= 11 is 0. The highest BCUT2D eigenvalue weighted by Crippen LogP contribution is 2.40. The number of rotatable bonds is 8. The summed E-state index contributed by atoms with van der Waals surface area (Å²) in [6, 6.07) is 5.67. The molecular formula is C18H24F3N2O3S+. The molecule has 1 aromatic rings. The van der Waals surface area contributed by atoms with E-state index in [1.807, 2.05) is 0 Å². The summed E-state index contributed by atoms with van der Waals surface area (Å²) in [5, 5.41) is 0. The van der Waals surface area contributed by atoms with Crippen LogP contribution in [0, 0.1) is 0 Å². The Morgan fingerprint density at radius 1 is 1.19 bits per heavy atom. The van der Waals surface area contributed by atoms with Crippen LogP contribution in [0.3, 0.4) is 0 Å². The van der Waals surface area contributed by atoms with Crippen LogP contribution in [-0.4, -0.2) is 33.6 Å². The Bertz CT molecular complexity index is 802. The van der Waals surface area contributed by atoms with E-state index in [0.717, 1.165) is 25.5 Å². The second kappa shape index (κ2) is 8.45. The molecular weight excluding hydrogens is 381 g/mol. The second-order valence-electron chi connectivity index (χ2n) is 6.26. The van der Waals surface area contributed by atoms with Gasteiger partial charge in [-0.15, -0.1) is 3.89 Å². The zero-order valence-electron chi connectivity index (χ0n) is 15.1. The molecule has 1 aromatic carbocycles. The summed E-state index contributed by atoms with van der Waals surface area (Å²) in [6.45, 7) is 2.12. The van der Waals surface area contributed by atoms with Gasteiger partial charge in [0.15, 0.2) is 5.69 Å². The van der Waals surface area contributed by atoms with Crippen LogP contribution in [0.25, 0.3) is 0 Å². The van der Waals surface area contributed by atoms with Crippen LogP contribution >= 0.6 is 0 Å². The number of alkyl halides is 3. The Morgan fingerprint density at radius 2 is 1.85 bits per heavy atom. The van der Waals surface area contributed by atoms with Crippen molar-refractivity contribution >= 4 is 15.7 Å². The summed E-state index contributed by atoms with van der Waals surface area (Å²) in [6.07, 6.45) is 6.91. The van der Waals surface area contributed by atoms with Gasteiger partial charge in [0.1, 0.15) is 18.5 Å². The van der Waals surface area contributed by atoms with Crippen molar-refractivity contribution in [3.05, 3.63) is 48.2 Å². The first-order valence-electron chi connectivity index (χ1n) is 8.69. The smallest absolute Gasteiger partial charge is 0.494 e. The predicted octanol–water partition coefficient (Wildman–Crippen LogP) is 3.82. The molecule has 5 nitrogen and oxygen atoms in total. The van der Waals surface area contributed by atoms with E-state index in [9.17, 15) is 21.6 Å². The third kappa shape index (κ3) is 4.36. The fourth-order valence-electron chi connectivity index (χ4n) is 2.85. The topological polar surface area (TPSA) is 69.4 Å². The van der Waals surface area contributed by atoms with Gasteiger partial charge in [0.05, 0.1) is 6.61 Å². The number of halogens is 3. The molecule has 150 valence electrons. The van der Waals surface area contributed by atoms with E-state index in [2.05, 4.69) is 6.92 Å². The minimum absolute atomic E-state index is 0.0245. The molecule has 0 bridgehead atoms. The normalized spacial score (nSPS) is 20.4. The molecule has 0 saturated heterocycles. The number of nitrogens with zero attached hydrogens (tertiary/aromatic N) is 1. The summed E-state index contributed by atoms with van der Waals surface area (Å²) in [7, 11) is -5.58. The van der Waals surface area contributed by atoms with Crippen molar-refractivity contribution in [2.24, 2.45) is 5.73 Å². The van der Waals surface area contributed by atoms with Gasteiger partial charge in [-0.2, -0.15) is 21.6 Å². The predicted molar refractivity (Wildman–Crippen MR) is 99.4 cm³/mol. The molecule has 0 spiro atoms.